The Balaban J connectivity index is 1.48. The summed E-state index contributed by atoms with van der Waals surface area (Å²) >= 11 is 0. The molecule has 3 rings (SSSR count). The lowest BCUT2D eigenvalue weighted by atomic mass is 10.1. The van der Waals surface area contributed by atoms with Crippen molar-refractivity contribution < 1.29 is 14.0 Å². The summed E-state index contributed by atoms with van der Waals surface area (Å²) in [6, 6.07) is 16.2. The molecule has 9 heteroatoms. The standard InChI is InChI=1S/C24H25FN6O2/c1-16(29-24(33)17-6-3-2-4-7-17)14-22(32)28-13-5-8-21-20(15-26)23(27)31(30-21)19-11-9-18(25)10-12-19/h2-4,6-7,9-12,16H,5,8,13-14,27H2,1H3,(H,28,32)(H,29,33). The maximum Gasteiger partial charge on any atom is 0.251 e. The van der Waals surface area contributed by atoms with Crippen LogP contribution in [0, 0.1) is 17.1 Å². The van der Waals surface area contributed by atoms with Gasteiger partial charge < -0.3 is 16.4 Å². The Hall–Kier alpha value is -4.19. The predicted octanol–water partition coefficient (Wildman–Crippen LogP) is 2.72. The lowest BCUT2D eigenvalue weighted by molar-refractivity contribution is -0.121. The second-order valence-corrected chi connectivity index (χ2v) is 7.61. The number of nitrogens with two attached hydrogens (primary N) is 1. The van der Waals surface area contributed by atoms with Gasteiger partial charge in [-0.05, 0) is 56.2 Å². The van der Waals surface area contributed by atoms with Crippen LogP contribution in [0.5, 0.6) is 0 Å². The Labute approximate surface area is 191 Å². The molecule has 33 heavy (non-hydrogen) atoms. The van der Waals surface area contributed by atoms with E-state index in [2.05, 4.69) is 21.8 Å². The van der Waals surface area contributed by atoms with E-state index in [1.54, 1.807) is 31.2 Å². The van der Waals surface area contributed by atoms with Crippen molar-refractivity contribution in [1.29, 1.82) is 5.26 Å². The molecule has 2 amide bonds. The number of benzene rings is 2. The highest BCUT2D eigenvalue weighted by molar-refractivity contribution is 5.94. The first-order valence-electron chi connectivity index (χ1n) is 10.5. The first-order chi connectivity index (χ1) is 15.9. The first-order valence-corrected chi connectivity index (χ1v) is 10.5. The normalized spacial score (nSPS) is 11.4. The highest BCUT2D eigenvalue weighted by Crippen LogP contribution is 2.21. The van der Waals surface area contributed by atoms with Crippen molar-refractivity contribution >= 4 is 17.6 Å². The van der Waals surface area contributed by atoms with Gasteiger partial charge in [0.15, 0.2) is 0 Å². The van der Waals surface area contributed by atoms with E-state index in [0.717, 1.165) is 0 Å². The third kappa shape index (κ3) is 6.17. The van der Waals surface area contributed by atoms with E-state index in [1.807, 2.05) is 6.07 Å². The molecule has 8 nitrogen and oxygen atoms in total. The summed E-state index contributed by atoms with van der Waals surface area (Å²) in [4.78, 5) is 24.3. The fraction of sp³-hybridized carbons (Fsp3) is 0.250. The van der Waals surface area contributed by atoms with E-state index in [9.17, 15) is 19.2 Å². The van der Waals surface area contributed by atoms with E-state index >= 15 is 0 Å². The summed E-state index contributed by atoms with van der Waals surface area (Å²) in [5.74, 6) is -0.608. The van der Waals surface area contributed by atoms with Crippen molar-refractivity contribution in [3.05, 3.63) is 77.2 Å². The van der Waals surface area contributed by atoms with Crippen molar-refractivity contribution in [1.82, 2.24) is 20.4 Å². The van der Waals surface area contributed by atoms with Gasteiger partial charge in [-0.15, -0.1) is 0 Å². The molecule has 1 unspecified atom stereocenters. The monoisotopic (exact) mass is 448 g/mol. The number of carbonyl (C=O) groups excluding carboxylic acids is 2. The number of aromatic nitrogens is 2. The molecule has 0 saturated carbocycles. The van der Waals surface area contributed by atoms with Gasteiger partial charge in [-0.1, -0.05) is 18.2 Å². The summed E-state index contributed by atoms with van der Waals surface area (Å²) in [5.41, 5.74) is 7.92. The second kappa shape index (κ2) is 10.9. The van der Waals surface area contributed by atoms with Crippen LogP contribution in [0.3, 0.4) is 0 Å². The number of rotatable bonds is 9. The second-order valence-electron chi connectivity index (χ2n) is 7.61. The molecule has 170 valence electrons. The smallest absolute Gasteiger partial charge is 0.251 e. The van der Waals surface area contributed by atoms with E-state index in [0.29, 0.717) is 36.3 Å². The number of carbonyl (C=O) groups is 2. The number of halogens is 1. The van der Waals surface area contributed by atoms with Crippen LogP contribution in [-0.2, 0) is 11.2 Å². The molecule has 1 heterocycles. The first kappa shape index (κ1) is 23.5. The average molecular weight is 449 g/mol. The van der Waals surface area contributed by atoms with Crippen LogP contribution in [0.1, 0.15) is 41.4 Å². The number of aryl methyl sites for hydroxylation is 1. The van der Waals surface area contributed by atoms with Gasteiger partial charge in [0.2, 0.25) is 5.91 Å². The van der Waals surface area contributed by atoms with Crippen LogP contribution in [-0.4, -0.2) is 34.2 Å². The lowest BCUT2D eigenvalue weighted by Crippen LogP contribution is -2.37. The predicted molar refractivity (Wildman–Crippen MR) is 122 cm³/mol. The van der Waals surface area contributed by atoms with Gasteiger partial charge in [-0.25, -0.2) is 9.07 Å². The van der Waals surface area contributed by atoms with Gasteiger partial charge in [-0.2, -0.15) is 10.4 Å². The van der Waals surface area contributed by atoms with Gasteiger partial charge in [0.05, 0.1) is 11.4 Å². The summed E-state index contributed by atoms with van der Waals surface area (Å²) in [6.07, 6.45) is 1.13. The highest BCUT2D eigenvalue weighted by atomic mass is 19.1. The molecular weight excluding hydrogens is 423 g/mol. The molecule has 0 fully saturated rings. The molecule has 0 bridgehead atoms. The van der Waals surface area contributed by atoms with Gasteiger partial charge in [0, 0.05) is 24.6 Å². The minimum atomic E-state index is -0.380. The number of nitrogen functional groups attached to an aromatic ring is 1. The molecule has 4 N–H and O–H groups in total. The van der Waals surface area contributed by atoms with Gasteiger partial charge in [-0.3, -0.25) is 9.59 Å². The van der Waals surface area contributed by atoms with Crippen LogP contribution in [0.25, 0.3) is 5.69 Å². The number of nitriles is 1. The van der Waals surface area contributed by atoms with Crippen LogP contribution in [0.15, 0.2) is 54.6 Å². The molecule has 2 aromatic carbocycles. The number of hydrogen-bond donors (Lipinski definition) is 3. The van der Waals surface area contributed by atoms with Crippen molar-refractivity contribution in [3.63, 3.8) is 0 Å². The van der Waals surface area contributed by atoms with E-state index in [1.165, 1.54) is 28.9 Å². The van der Waals surface area contributed by atoms with Crippen LogP contribution in [0.4, 0.5) is 10.2 Å². The van der Waals surface area contributed by atoms with E-state index in [-0.39, 0.29) is 41.5 Å². The van der Waals surface area contributed by atoms with Gasteiger partial charge in [0.25, 0.3) is 5.91 Å². The molecule has 1 atom stereocenters. The molecule has 0 aliphatic rings. The molecule has 0 spiro atoms. The van der Waals surface area contributed by atoms with E-state index < -0.39 is 0 Å². The molecule has 0 radical (unpaired) electrons. The topological polar surface area (TPSA) is 126 Å². The zero-order valence-electron chi connectivity index (χ0n) is 18.2. The highest BCUT2D eigenvalue weighted by Gasteiger charge is 2.17. The zero-order valence-corrected chi connectivity index (χ0v) is 18.2. The summed E-state index contributed by atoms with van der Waals surface area (Å²) in [6.45, 7) is 2.15. The summed E-state index contributed by atoms with van der Waals surface area (Å²) < 4.78 is 14.6. The Morgan fingerprint density at radius 3 is 2.55 bits per heavy atom. The van der Waals surface area contributed by atoms with Crippen molar-refractivity contribution in [2.24, 2.45) is 0 Å². The zero-order chi connectivity index (χ0) is 23.8. The molecule has 1 aromatic heterocycles. The fourth-order valence-electron chi connectivity index (χ4n) is 3.34. The lowest BCUT2D eigenvalue weighted by Gasteiger charge is -2.14. The van der Waals surface area contributed by atoms with Crippen LogP contribution in [0.2, 0.25) is 0 Å². The minimum Gasteiger partial charge on any atom is -0.382 e. The minimum absolute atomic E-state index is 0.147. The Kier molecular flexibility index (Phi) is 7.76. The fourth-order valence-corrected chi connectivity index (χ4v) is 3.34. The molecule has 0 aliphatic carbocycles. The van der Waals surface area contributed by atoms with Crippen molar-refractivity contribution in [2.45, 2.75) is 32.2 Å². The molecule has 3 aromatic rings. The third-order valence-electron chi connectivity index (χ3n) is 4.99. The van der Waals surface area contributed by atoms with Crippen LogP contribution < -0.4 is 16.4 Å². The summed E-state index contributed by atoms with van der Waals surface area (Å²) in [5, 5.41) is 19.5. The molecule has 0 aliphatic heterocycles. The maximum atomic E-state index is 13.2. The molecular formula is C24H25FN6O2. The van der Waals surface area contributed by atoms with Crippen molar-refractivity contribution in [3.8, 4) is 11.8 Å². The average Bonchev–Trinajstić information content (AvgIpc) is 3.12. The Morgan fingerprint density at radius 2 is 1.88 bits per heavy atom. The van der Waals surface area contributed by atoms with Crippen molar-refractivity contribution in [2.75, 3.05) is 12.3 Å². The Morgan fingerprint density at radius 1 is 1.18 bits per heavy atom. The number of anilines is 1. The number of hydrogen-bond acceptors (Lipinski definition) is 5. The summed E-state index contributed by atoms with van der Waals surface area (Å²) in [7, 11) is 0. The SMILES string of the molecule is CC(CC(=O)NCCCc1nn(-c2ccc(F)cc2)c(N)c1C#N)NC(=O)c1ccccc1. The van der Waals surface area contributed by atoms with E-state index in [4.69, 9.17) is 5.73 Å². The third-order valence-corrected chi connectivity index (χ3v) is 4.99. The number of nitrogens with one attached hydrogen (secondary N) is 2. The number of amides is 2. The van der Waals surface area contributed by atoms with Crippen LogP contribution >= 0.6 is 0 Å². The Bertz CT molecular complexity index is 1150. The number of nitrogens with zero attached hydrogens (tertiary/aromatic N) is 3. The quantitative estimate of drug-likeness (QED) is 0.434. The maximum absolute atomic E-state index is 13.2. The van der Waals surface area contributed by atoms with Gasteiger partial charge >= 0.3 is 0 Å². The molecule has 0 saturated heterocycles. The largest absolute Gasteiger partial charge is 0.382 e. The van der Waals surface area contributed by atoms with Gasteiger partial charge in [0.1, 0.15) is 23.3 Å².